The molecule has 0 aliphatic carbocycles. The highest BCUT2D eigenvalue weighted by Gasteiger charge is 2.20. The van der Waals surface area contributed by atoms with Crippen LogP contribution in [0.4, 0.5) is 11.4 Å². The molecule has 0 spiro atoms. The molecule has 0 radical (unpaired) electrons. The van der Waals surface area contributed by atoms with Crippen LogP contribution < -0.4 is 15.8 Å². The first-order valence-electron chi connectivity index (χ1n) is 5.36. The van der Waals surface area contributed by atoms with Crippen LogP contribution >= 0.6 is 0 Å². The van der Waals surface area contributed by atoms with Crippen molar-refractivity contribution in [2.45, 2.75) is 25.8 Å². The number of aliphatic hydroxyl groups is 1. The first-order valence-corrected chi connectivity index (χ1v) is 5.36. The molecule has 16 heavy (non-hydrogen) atoms. The number of nitrogen functional groups attached to an aromatic ring is 1. The average Bonchev–Trinajstić information content (AvgIpc) is 2.28. The van der Waals surface area contributed by atoms with E-state index >= 15 is 0 Å². The average molecular weight is 224 g/mol. The van der Waals surface area contributed by atoms with E-state index in [4.69, 9.17) is 10.5 Å². The Morgan fingerprint density at radius 2 is 2.12 bits per heavy atom. The largest absolute Gasteiger partial charge is 0.497 e. The number of aliphatic hydroxyl groups excluding tert-OH is 1. The van der Waals surface area contributed by atoms with E-state index in [0.29, 0.717) is 11.4 Å². The molecule has 0 aliphatic rings. The van der Waals surface area contributed by atoms with Crippen LogP contribution in [-0.2, 0) is 0 Å². The van der Waals surface area contributed by atoms with Gasteiger partial charge < -0.3 is 20.9 Å². The van der Waals surface area contributed by atoms with Gasteiger partial charge in [0, 0.05) is 23.5 Å². The van der Waals surface area contributed by atoms with E-state index in [0.717, 1.165) is 12.1 Å². The van der Waals surface area contributed by atoms with Crippen LogP contribution in [0.5, 0.6) is 5.75 Å². The van der Waals surface area contributed by atoms with Gasteiger partial charge in [0.25, 0.3) is 0 Å². The van der Waals surface area contributed by atoms with Gasteiger partial charge in [0.2, 0.25) is 0 Å². The molecule has 1 aromatic carbocycles. The normalized spacial score (nSPS) is 14.2. The van der Waals surface area contributed by atoms with Crippen molar-refractivity contribution in [3.05, 3.63) is 18.2 Å². The van der Waals surface area contributed by atoms with Crippen LogP contribution in [0.1, 0.15) is 20.3 Å². The van der Waals surface area contributed by atoms with Crippen molar-refractivity contribution in [2.24, 2.45) is 0 Å². The summed E-state index contributed by atoms with van der Waals surface area (Å²) in [4.78, 5) is 0. The molecule has 4 nitrogen and oxygen atoms in total. The minimum atomic E-state index is -0.335. The second-order valence-corrected chi connectivity index (χ2v) is 4.19. The third-order valence-electron chi connectivity index (χ3n) is 2.74. The lowest BCUT2D eigenvalue weighted by atomic mass is 10.00. The van der Waals surface area contributed by atoms with Crippen molar-refractivity contribution in [1.29, 1.82) is 0 Å². The molecule has 0 heterocycles. The lowest BCUT2D eigenvalue weighted by Gasteiger charge is -2.28. The van der Waals surface area contributed by atoms with Crippen LogP contribution in [0.25, 0.3) is 0 Å². The van der Waals surface area contributed by atoms with Crippen molar-refractivity contribution in [2.75, 3.05) is 24.8 Å². The molecular formula is C12H20N2O2. The first kappa shape index (κ1) is 12.6. The summed E-state index contributed by atoms with van der Waals surface area (Å²) in [6, 6.07) is 5.44. The zero-order valence-corrected chi connectivity index (χ0v) is 10.1. The van der Waals surface area contributed by atoms with Crippen LogP contribution in [0.2, 0.25) is 0 Å². The summed E-state index contributed by atoms with van der Waals surface area (Å²) in [5.41, 5.74) is 6.91. The molecule has 0 saturated carbocycles. The van der Waals surface area contributed by atoms with Gasteiger partial charge in [-0.25, -0.2) is 0 Å². The Kier molecular flexibility index (Phi) is 4.01. The van der Waals surface area contributed by atoms with Crippen LogP contribution in [-0.4, -0.2) is 24.4 Å². The molecule has 1 atom stereocenters. The predicted octanol–water partition coefficient (Wildman–Crippen LogP) is 1.85. The second kappa shape index (κ2) is 5.07. The van der Waals surface area contributed by atoms with Gasteiger partial charge in [-0.3, -0.25) is 0 Å². The number of nitrogens with one attached hydrogen (secondary N) is 1. The summed E-state index contributed by atoms with van der Waals surface area (Å²) in [7, 11) is 1.60. The molecule has 0 fully saturated rings. The fraction of sp³-hybridized carbons (Fsp3) is 0.500. The van der Waals surface area contributed by atoms with Crippen molar-refractivity contribution in [1.82, 2.24) is 0 Å². The van der Waals surface area contributed by atoms with Gasteiger partial charge in [-0.05, 0) is 19.4 Å². The minimum absolute atomic E-state index is 0.0701. The van der Waals surface area contributed by atoms with Crippen molar-refractivity contribution in [3.8, 4) is 5.75 Å². The number of anilines is 2. The Balaban J connectivity index is 2.92. The number of ether oxygens (including phenoxy) is 1. The van der Waals surface area contributed by atoms with Gasteiger partial charge in [0.1, 0.15) is 5.75 Å². The van der Waals surface area contributed by atoms with Gasteiger partial charge in [0.15, 0.2) is 0 Å². The SMILES string of the molecule is CCC(C)(CO)Nc1cc(N)cc(OC)c1. The van der Waals surface area contributed by atoms with Crippen LogP contribution in [0.3, 0.4) is 0 Å². The fourth-order valence-electron chi connectivity index (χ4n) is 1.40. The van der Waals surface area contributed by atoms with E-state index in [-0.39, 0.29) is 12.1 Å². The van der Waals surface area contributed by atoms with Gasteiger partial charge in [0.05, 0.1) is 19.3 Å². The number of methoxy groups -OCH3 is 1. The van der Waals surface area contributed by atoms with Gasteiger partial charge >= 0.3 is 0 Å². The van der Waals surface area contributed by atoms with Crippen molar-refractivity contribution in [3.63, 3.8) is 0 Å². The third kappa shape index (κ3) is 3.03. The number of hydrogen-bond donors (Lipinski definition) is 3. The highest BCUT2D eigenvalue weighted by molar-refractivity contribution is 5.60. The third-order valence-corrected chi connectivity index (χ3v) is 2.74. The molecule has 4 heteroatoms. The summed E-state index contributed by atoms with van der Waals surface area (Å²) < 4.78 is 5.13. The maximum Gasteiger partial charge on any atom is 0.122 e. The van der Waals surface area contributed by atoms with Gasteiger partial charge in [-0.15, -0.1) is 0 Å². The quantitative estimate of drug-likeness (QED) is 0.668. The van der Waals surface area contributed by atoms with Crippen molar-refractivity contribution < 1.29 is 9.84 Å². The number of rotatable bonds is 5. The Hall–Kier alpha value is -1.42. The van der Waals surface area contributed by atoms with E-state index in [1.807, 2.05) is 26.0 Å². The summed E-state index contributed by atoms with van der Waals surface area (Å²) in [5, 5.41) is 12.6. The molecule has 0 amide bonds. The van der Waals surface area contributed by atoms with E-state index < -0.39 is 0 Å². The molecule has 0 aliphatic heterocycles. The van der Waals surface area contributed by atoms with E-state index in [2.05, 4.69) is 5.32 Å². The maximum absolute atomic E-state index is 9.32. The molecule has 4 N–H and O–H groups in total. The summed E-state index contributed by atoms with van der Waals surface area (Å²) in [5.74, 6) is 0.707. The lowest BCUT2D eigenvalue weighted by molar-refractivity contribution is 0.219. The Labute approximate surface area is 96.4 Å². The van der Waals surface area contributed by atoms with Gasteiger partial charge in [-0.1, -0.05) is 6.92 Å². The molecule has 1 unspecified atom stereocenters. The maximum atomic E-state index is 9.32. The summed E-state index contributed by atoms with van der Waals surface area (Å²) in [6.07, 6.45) is 0.820. The zero-order chi connectivity index (χ0) is 12.2. The first-order chi connectivity index (χ1) is 7.53. The molecule has 1 rings (SSSR count). The topological polar surface area (TPSA) is 67.5 Å². The number of hydrogen-bond acceptors (Lipinski definition) is 4. The standard InChI is InChI=1S/C12H20N2O2/c1-4-12(2,8-15)14-10-5-9(13)6-11(7-10)16-3/h5-7,14-15H,4,8,13H2,1-3H3. The summed E-state index contributed by atoms with van der Waals surface area (Å²) in [6.45, 7) is 4.05. The molecule has 90 valence electrons. The minimum Gasteiger partial charge on any atom is -0.497 e. The Morgan fingerprint density at radius 1 is 1.44 bits per heavy atom. The van der Waals surface area contributed by atoms with Crippen LogP contribution in [0.15, 0.2) is 18.2 Å². The molecular weight excluding hydrogens is 204 g/mol. The highest BCUT2D eigenvalue weighted by Crippen LogP contribution is 2.25. The fourth-order valence-corrected chi connectivity index (χ4v) is 1.40. The van der Waals surface area contributed by atoms with Crippen LogP contribution in [0, 0.1) is 0 Å². The highest BCUT2D eigenvalue weighted by atomic mass is 16.5. The molecule has 0 saturated heterocycles. The lowest BCUT2D eigenvalue weighted by Crippen LogP contribution is -2.37. The second-order valence-electron chi connectivity index (χ2n) is 4.19. The Morgan fingerprint density at radius 3 is 2.62 bits per heavy atom. The molecule has 0 aromatic heterocycles. The van der Waals surface area contributed by atoms with E-state index in [9.17, 15) is 5.11 Å². The van der Waals surface area contributed by atoms with Crippen molar-refractivity contribution >= 4 is 11.4 Å². The monoisotopic (exact) mass is 224 g/mol. The van der Waals surface area contributed by atoms with E-state index in [1.165, 1.54) is 0 Å². The van der Waals surface area contributed by atoms with E-state index in [1.54, 1.807) is 13.2 Å². The van der Waals surface area contributed by atoms with Gasteiger partial charge in [-0.2, -0.15) is 0 Å². The Bertz CT molecular complexity index is 349. The zero-order valence-electron chi connectivity index (χ0n) is 10.1. The predicted molar refractivity (Wildman–Crippen MR) is 66.8 cm³/mol. The molecule has 0 bridgehead atoms. The molecule has 1 aromatic rings. The number of nitrogens with two attached hydrogens (primary N) is 1. The summed E-state index contributed by atoms with van der Waals surface area (Å²) >= 11 is 0. The number of benzene rings is 1. The smallest absolute Gasteiger partial charge is 0.122 e.